The number of hydrogen-bond donors (Lipinski definition) is 5. The number of nitrogens with one attached hydrogen (secondary N) is 5. The quantitative estimate of drug-likeness (QED) is 0.0828. The van der Waals surface area contributed by atoms with E-state index in [9.17, 15) is 24.0 Å². The Morgan fingerprint density at radius 3 is 1.61 bits per heavy atom. The first-order valence-electron chi connectivity index (χ1n) is 22.7. The fraction of sp³-hybridized carbons (Fsp3) is 0.302. The molecule has 5 N–H and O–H groups in total. The summed E-state index contributed by atoms with van der Waals surface area (Å²) in [6.07, 6.45) is -0.458. The van der Waals surface area contributed by atoms with Crippen molar-refractivity contribution in [2.45, 2.75) is 38.5 Å². The third kappa shape index (κ3) is 12.5. The minimum absolute atomic E-state index is 0.0427. The molecule has 5 amide bonds. The van der Waals surface area contributed by atoms with Crippen molar-refractivity contribution < 1.29 is 47.7 Å². The number of anilines is 2. The molecule has 2 unspecified atom stereocenters. The minimum Gasteiger partial charge on any atom is -0.496 e. The normalized spacial score (nSPS) is 15.8. The van der Waals surface area contributed by atoms with Crippen LogP contribution in [0.2, 0.25) is 0 Å². The number of nitrogens with zero attached hydrogens (tertiary/aromatic N) is 1. The van der Waals surface area contributed by atoms with Crippen LogP contribution in [0.5, 0.6) is 11.5 Å². The highest BCUT2D eigenvalue weighted by Crippen LogP contribution is 2.30. The molecule has 69 heavy (non-hydrogen) atoms. The van der Waals surface area contributed by atoms with E-state index in [0.717, 1.165) is 28.1 Å². The maximum atomic E-state index is 13.4. The Balaban J connectivity index is 0.000000208. The standard InChI is InChI=1S/C29H33N3O6.C24H25N3O4/c1-29(2,3)38-28(35)32-15-16-37-18-20(32)17-30-27(34)25-23(13-8-14-24(25)36-4)31-26(33)22-12-7-10-19-9-5-6-11-21(19)22;1-30-21-11-5-10-20(22(21)24(29)26-14-17-15-31-13-12-25-17)27-23(28)19-9-4-7-16-6-2-3-8-18(16)19/h5-14,20H,15-18H2,1-4H3,(H,30,34)(H,31,33);2-11,17,25H,12-15H2,1H3,(H,26,29)(H,27,28). The second kappa shape index (κ2) is 23.0. The Hall–Kier alpha value is -7.53. The van der Waals surface area contributed by atoms with Crippen molar-refractivity contribution in [1.82, 2.24) is 20.9 Å². The van der Waals surface area contributed by atoms with E-state index in [1.807, 2.05) is 72.8 Å². The number of methoxy groups -OCH3 is 2. The molecule has 0 radical (unpaired) electrons. The molecule has 16 heteroatoms. The van der Waals surface area contributed by atoms with E-state index in [-0.39, 0.29) is 48.0 Å². The molecule has 0 bridgehead atoms. The first-order chi connectivity index (χ1) is 33.3. The molecule has 16 nitrogen and oxygen atoms in total. The lowest BCUT2D eigenvalue weighted by Crippen LogP contribution is -2.54. The summed E-state index contributed by atoms with van der Waals surface area (Å²) >= 11 is 0. The maximum absolute atomic E-state index is 13.4. The van der Waals surface area contributed by atoms with Crippen molar-refractivity contribution in [3.8, 4) is 11.5 Å². The van der Waals surface area contributed by atoms with Gasteiger partial charge in [-0.25, -0.2) is 4.79 Å². The summed E-state index contributed by atoms with van der Waals surface area (Å²) in [4.78, 5) is 67.1. The molecule has 2 aliphatic rings. The molecule has 0 aliphatic carbocycles. The number of fused-ring (bicyclic) bond motifs is 2. The van der Waals surface area contributed by atoms with Crippen LogP contribution in [0.4, 0.5) is 16.2 Å². The zero-order valence-electron chi connectivity index (χ0n) is 39.4. The fourth-order valence-electron chi connectivity index (χ4n) is 8.04. The lowest BCUT2D eigenvalue weighted by molar-refractivity contribution is -0.0314. The Bertz CT molecular complexity index is 2790. The van der Waals surface area contributed by atoms with Crippen LogP contribution < -0.4 is 36.1 Å². The molecule has 0 aromatic heterocycles. The largest absolute Gasteiger partial charge is 0.496 e. The van der Waals surface area contributed by atoms with Crippen molar-refractivity contribution in [1.29, 1.82) is 0 Å². The topological polar surface area (TPSA) is 195 Å². The maximum Gasteiger partial charge on any atom is 0.410 e. The number of amides is 5. The molecule has 0 spiro atoms. The molecule has 2 saturated heterocycles. The molecule has 2 atom stereocenters. The van der Waals surface area contributed by atoms with Crippen molar-refractivity contribution in [3.05, 3.63) is 144 Å². The van der Waals surface area contributed by atoms with Crippen LogP contribution in [0, 0.1) is 0 Å². The lowest BCUT2D eigenvalue weighted by Gasteiger charge is -2.36. The smallest absolute Gasteiger partial charge is 0.410 e. The third-order valence-electron chi connectivity index (χ3n) is 11.4. The molecule has 2 heterocycles. The summed E-state index contributed by atoms with van der Waals surface area (Å²) in [6, 6.07) is 36.1. The van der Waals surface area contributed by atoms with Gasteiger partial charge in [0, 0.05) is 43.3 Å². The van der Waals surface area contributed by atoms with Gasteiger partial charge in [-0.2, -0.15) is 0 Å². The van der Waals surface area contributed by atoms with Crippen LogP contribution in [-0.2, 0) is 14.2 Å². The van der Waals surface area contributed by atoms with Crippen LogP contribution in [-0.4, -0.2) is 119 Å². The van der Waals surface area contributed by atoms with Crippen molar-refractivity contribution in [2.75, 3.05) is 77.5 Å². The summed E-state index contributed by atoms with van der Waals surface area (Å²) < 4.78 is 27.4. The lowest BCUT2D eigenvalue weighted by atomic mass is 10.0. The van der Waals surface area contributed by atoms with Crippen molar-refractivity contribution in [3.63, 3.8) is 0 Å². The third-order valence-corrected chi connectivity index (χ3v) is 11.4. The molecular formula is C53H58N6O10. The number of rotatable bonds is 12. The van der Waals surface area contributed by atoms with E-state index < -0.39 is 23.6 Å². The van der Waals surface area contributed by atoms with Gasteiger partial charge in [-0.3, -0.25) is 24.1 Å². The molecule has 2 fully saturated rings. The van der Waals surface area contributed by atoms with Crippen LogP contribution in [0.25, 0.3) is 21.5 Å². The van der Waals surface area contributed by atoms with Gasteiger partial charge < -0.3 is 50.3 Å². The van der Waals surface area contributed by atoms with Crippen LogP contribution in [0.3, 0.4) is 0 Å². The van der Waals surface area contributed by atoms with Gasteiger partial charge in [-0.15, -0.1) is 0 Å². The second-order valence-electron chi connectivity index (χ2n) is 17.3. The molecule has 0 saturated carbocycles. The van der Waals surface area contributed by atoms with E-state index in [2.05, 4.69) is 26.6 Å². The average Bonchev–Trinajstić information content (AvgIpc) is 3.36. The van der Waals surface area contributed by atoms with Crippen molar-refractivity contribution in [2.24, 2.45) is 0 Å². The molecule has 8 rings (SSSR count). The monoisotopic (exact) mass is 938 g/mol. The number of benzene rings is 6. The fourth-order valence-corrected chi connectivity index (χ4v) is 8.04. The van der Waals surface area contributed by atoms with E-state index in [4.69, 9.17) is 23.7 Å². The SMILES string of the molecule is COc1cccc(NC(=O)c2cccc3ccccc23)c1C(=O)NCC1COCCN1.COc1cccc(NC(=O)c2cccc3ccccc23)c1C(=O)NCC1COCCN1C(=O)OC(C)(C)C. The van der Waals surface area contributed by atoms with Gasteiger partial charge in [-0.1, -0.05) is 84.9 Å². The van der Waals surface area contributed by atoms with E-state index >= 15 is 0 Å². The van der Waals surface area contributed by atoms with Gasteiger partial charge in [-0.05, 0) is 78.7 Å². The van der Waals surface area contributed by atoms with Gasteiger partial charge in [0.2, 0.25) is 0 Å². The summed E-state index contributed by atoms with van der Waals surface area (Å²) in [6.45, 7) is 8.92. The number of carbonyl (C=O) groups excluding carboxylic acids is 5. The highest BCUT2D eigenvalue weighted by atomic mass is 16.6. The molecule has 2 aliphatic heterocycles. The first kappa shape index (κ1) is 49.4. The Morgan fingerprint density at radius 2 is 1.10 bits per heavy atom. The summed E-state index contributed by atoms with van der Waals surface area (Å²) in [7, 11) is 2.96. The predicted molar refractivity (Wildman–Crippen MR) is 265 cm³/mol. The summed E-state index contributed by atoms with van der Waals surface area (Å²) in [5.41, 5.74) is 1.56. The van der Waals surface area contributed by atoms with Crippen molar-refractivity contribution >= 4 is 62.6 Å². The molecule has 6 aromatic carbocycles. The summed E-state index contributed by atoms with van der Waals surface area (Å²) in [5, 5.41) is 18.4. The number of ether oxygens (including phenoxy) is 5. The van der Waals surface area contributed by atoms with Gasteiger partial charge in [0.05, 0.1) is 58.1 Å². The van der Waals surface area contributed by atoms with Crippen LogP contribution in [0.1, 0.15) is 62.2 Å². The number of hydrogen-bond acceptors (Lipinski definition) is 11. The van der Waals surface area contributed by atoms with Gasteiger partial charge in [0.1, 0.15) is 28.2 Å². The van der Waals surface area contributed by atoms with Gasteiger partial charge >= 0.3 is 6.09 Å². The van der Waals surface area contributed by atoms with E-state index in [0.29, 0.717) is 66.9 Å². The van der Waals surface area contributed by atoms with Crippen LogP contribution in [0.15, 0.2) is 121 Å². The number of carbonyl (C=O) groups is 5. The van der Waals surface area contributed by atoms with E-state index in [1.54, 1.807) is 74.2 Å². The first-order valence-corrected chi connectivity index (χ1v) is 22.7. The molecule has 360 valence electrons. The zero-order valence-corrected chi connectivity index (χ0v) is 39.4. The van der Waals surface area contributed by atoms with Gasteiger partial charge in [0.15, 0.2) is 0 Å². The predicted octanol–water partition coefficient (Wildman–Crippen LogP) is 7.29. The Labute approximate surface area is 401 Å². The highest BCUT2D eigenvalue weighted by Gasteiger charge is 2.32. The molecular weight excluding hydrogens is 881 g/mol. The highest BCUT2D eigenvalue weighted by molar-refractivity contribution is 6.16. The Kier molecular flexibility index (Phi) is 16.4. The second-order valence-corrected chi connectivity index (χ2v) is 17.3. The minimum atomic E-state index is -0.641. The molecule has 6 aromatic rings. The van der Waals surface area contributed by atoms with Gasteiger partial charge in [0.25, 0.3) is 23.6 Å². The zero-order chi connectivity index (χ0) is 48.9. The average molecular weight is 939 g/mol. The number of morpholine rings is 2. The summed E-state index contributed by atoms with van der Waals surface area (Å²) in [5.74, 6) is -0.714. The Morgan fingerprint density at radius 1 is 0.609 bits per heavy atom. The van der Waals surface area contributed by atoms with Crippen LogP contribution >= 0.6 is 0 Å². The van der Waals surface area contributed by atoms with E-state index in [1.165, 1.54) is 14.2 Å².